The Bertz CT molecular complexity index is 1130. The van der Waals surface area contributed by atoms with Gasteiger partial charge in [0.1, 0.15) is 11.3 Å². The van der Waals surface area contributed by atoms with Gasteiger partial charge in [0.25, 0.3) is 5.91 Å². The standard InChI is InChI=1S/C22H21NO5/c1-12-10-13(2)20-16(11-12)19(25)17-18(14-4-6-15(27-3)7-5-14)23(8-9-24)22(26)21(17)28-20/h4-7,10-11,18,24H,8-9H2,1-3H3/t18-/m1/s1. The van der Waals surface area contributed by atoms with Crippen molar-refractivity contribution >= 4 is 16.9 Å². The summed E-state index contributed by atoms with van der Waals surface area (Å²) in [5.41, 5.74) is 3.07. The largest absolute Gasteiger partial charge is 0.497 e. The SMILES string of the molecule is COc1ccc([C@@H]2c3c(oc4c(C)cc(C)cc4c3=O)C(=O)N2CCO)cc1. The molecule has 4 rings (SSSR count). The van der Waals surface area contributed by atoms with Crippen molar-refractivity contribution in [2.24, 2.45) is 0 Å². The van der Waals surface area contributed by atoms with Crippen LogP contribution in [-0.2, 0) is 0 Å². The highest BCUT2D eigenvalue weighted by Crippen LogP contribution is 2.38. The number of amides is 1. The van der Waals surface area contributed by atoms with Crippen LogP contribution in [0.3, 0.4) is 0 Å². The minimum absolute atomic E-state index is 0.0544. The van der Waals surface area contributed by atoms with E-state index < -0.39 is 6.04 Å². The van der Waals surface area contributed by atoms with Gasteiger partial charge in [0, 0.05) is 6.54 Å². The summed E-state index contributed by atoms with van der Waals surface area (Å²) in [5.74, 6) is 0.348. The van der Waals surface area contributed by atoms with Gasteiger partial charge >= 0.3 is 0 Å². The Morgan fingerprint density at radius 3 is 2.50 bits per heavy atom. The molecule has 0 radical (unpaired) electrons. The number of hydrogen-bond donors (Lipinski definition) is 1. The minimum Gasteiger partial charge on any atom is -0.497 e. The third-order valence-electron chi connectivity index (χ3n) is 5.17. The fraction of sp³-hybridized carbons (Fsp3) is 0.273. The van der Waals surface area contributed by atoms with E-state index in [1.807, 2.05) is 32.0 Å². The molecule has 1 aliphatic heterocycles. The number of aliphatic hydroxyl groups is 1. The number of carbonyl (C=O) groups is 1. The van der Waals surface area contributed by atoms with Crippen molar-refractivity contribution in [3.8, 4) is 5.75 Å². The number of benzene rings is 2. The van der Waals surface area contributed by atoms with Crippen molar-refractivity contribution in [3.05, 3.63) is 74.6 Å². The van der Waals surface area contributed by atoms with Crippen molar-refractivity contribution in [3.63, 3.8) is 0 Å². The van der Waals surface area contributed by atoms with Crippen LogP contribution < -0.4 is 10.2 Å². The summed E-state index contributed by atoms with van der Waals surface area (Å²) in [6.07, 6.45) is 0. The van der Waals surface area contributed by atoms with E-state index in [9.17, 15) is 14.7 Å². The van der Waals surface area contributed by atoms with Crippen LogP contribution in [-0.4, -0.2) is 36.2 Å². The van der Waals surface area contributed by atoms with E-state index in [1.54, 1.807) is 25.3 Å². The monoisotopic (exact) mass is 379 g/mol. The maximum Gasteiger partial charge on any atom is 0.290 e. The molecule has 1 aliphatic rings. The van der Waals surface area contributed by atoms with Crippen LogP contribution in [0.25, 0.3) is 11.0 Å². The van der Waals surface area contributed by atoms with Crippen LogP contribution in [0, 0.1) is 13.8 Å². The van der Waals surface area contributed by atoms with E-state index in [0.717, 1.165) is 16.7 Å². The Balaban J connectivity index is 2.00. The summed E-state index contributed by atoms with van der Waals surface area (Å²) in [6.45, 7) is 3.67. The molecule has 0 bridgehead atoms. The molecule has 2 heterocycles. The number of β-amino-alcohol motifs (C(OH)–C–C–N with tert-alkyl or cyclic N) is 1. The average Bonchev–Trinajstić information content (AvgIpc) is 2.96. The lowest BCUT2D eigenvalue weighted by Gasteiger charge is -2.24. The van der Waals surface area contributed by atoms with Gasteiger partial charge in [0.15, 0.2) is 5.43 Å². The van der Waals surface area contributed by atoms with Gasteiger partial charge in [-0.25, -0.2) is 0 Å². The van der Waals surface area contributed by atoms with Crippen LogP contribution in [0.4, 0.5) is 0 Å². The van der Waals surface area contributed by atoms with E-state index in [2.05, 4.69) is 0 Å². The highest BCUT2D eigenvalue weighted by atomic mass is 16.5. The Kier molecular flexibility index (Phi) is 4.43. The van der Waals surface area contributed by atoms with Gasteiger partial charge < -0.3 is 19.2 Å². The Labute approximate surface area is 162 Å². The van der Waals surface area contributed by atoms with Gasteiger partial charge in [-0.3, -0.25) is 9.59 Å². The number of fused-ring (bicyclic) bond motifs is 2. The topological polar surface area (TPSA) is 80.0 Å². The van der Waals surface area contributed by atoms with Crippen LogP contribution in [0.1, 0.15) is 38.9 Å². The molecule has 1 atom stereocenters. The number of ether oxygens (including phenoxy) is 1. The molecule has 144 valence electrons. The molecule has 0 aliphatic carbocycles. The molecule has 28 heavy (non-hydrogen) atoms. The first-order valence-corrected chi connectivity index (χ1v) is 9.10. The number of carbonyl (C=O) groups excluding carboxylic acids is 1. The summed E-state index contributed by atoms with van der Waals surface area (Å²) < 4.78 is 11.2. The smallest absolute Gasteiger partial charge is 0.290 e. The number of nitrogens with zero attached hydrogens (tertiary/aromatic N) is 1. The molecule has 1 aromatic heterocycles. The van der Waals surface area contributed by atoms with E-state index in [1.165, 1.54) is 4.90 Å². The fourth-order valence-electron chi connectivity index (χ4n) is 3.95. The highest BCUT2D eigenvalue weighted by Gasteiger charge is 2.42. The third kappa shape index (κ3) is 2.68. The van der Waals surface area contributed by atoms with E-state index in [4.69, 9.17) is 9.15 Å². The predicted octanol–water partition coefficient (Wildman–Crippen LogP) is 2.96. The zero-order chi connectivity index (χ0) is 20.0. The number of aryl methyl sites for hydroxylation is 2. The lowest BCUT2D eigenvalue weighted by atomic mass is 9.97. The quantitative estimate of drug-likeness (QED) is 0.754. The van der Waals surface area contributed by atoms with Crippen LogP contribution in [0.2, 0.25) is 0 Å². The second kappa shape index (κ2) is 6.80. The Hall–Kier alpha value is -3.12. The number of methoxy groups -OCH3 is 1. The van der Waals surface area contributed by atoms with Gasteiger partial charge in [-0.2, -0.15) is 0 Å². The van der Waals surface area contributed by atoms with Crippen molar-refractivity contribution in [2.75, 3.05) is 20.3 Å². The maximum absolute atomic E-state index is 13.4. The Morgan fingerprint density at radius 1 is 1.14 bits per heavy atom. The first kappa shape index (κ1) is 18.3. The molecule has 1 N–H and O–H groups in total. The molecular weight excluding hydrogens is 358 g/mol. The van der Waals surface area contributed by atoms with Gasteiger partial charge in [0.2, 0.25) is 5.76 Å². The maximum atomic E-state index is 13.4. The molecule has 0 saturated heterocycles. The zero-order valence-electron chi connectivity index (χ0n) is 16.0. The molecule has 0 saturated carbocycles. The van der Waals surface area contributed by atoms with Crippen LogP contribution >= 0.6 is 0 Å². The molecule has 0 spiro atoms. The van der Waals surface area contributed by atoms with E-state index in [-0.39, 0.29) is 30.2 Å². The van der Waals surface area contributed by atoms with Crippen molar-refractivity contribution < 1.29 is 19.1 Å². The average molecular weight is 379 g/mol. The van der Waals surface area contributed by atoms with Gasteiger partial charge in [-0.05, 0) is 48.7 Å². The lowest BCUT2D eigenvalue weighted by molar-refractivity contribution is 0.0691. The van der Waals surface area contributed by atoms with Crippen LogP contribution in [0.5, 0.6) is 5.75 Å². The minimum atomic E-state index is -0.609. The molecule has 3 aromatic rings. The van der Waals surface area contributed by atoms with E-state index >= 15 is 0 Å². The summed E-state index contributed by atoms with van der Waals surface area (Å²) in [5, 5.41) is 9.95. The summed E-state index contributed by atoms with van der Waals surface area (Å²) in [7, 11) is 1.58. The third-order valence-corrected chi connectivity index (χ3v) is 5.17. The van der Waals surface area contributed by atoms with Gasteiger partial charge in [0.05, 0.1) is 30.7 Å². The molecule has 6 nitrogen and oxygen atoms in total. The highest BCUT2D eigenvalue weighted by molar-refractivity contribution is 5.99. The van der Waals surface area contributed by atoms with Crippen molar-refractivity contribution in [1.82, 2.24) is 4.90 Å². The zero-order valence-corrected chi connectivity index (χ0v) is 16.0. The van der Waals surface area contributed by atoms with Crippen molar-refractivity contribution in [1.29, 1.82) is 0 Å². The molecule has 0 fully saturated rings. The molecule has 0 unspecified atom stereocenters. The second-order valence-corrected chi connectivity index (χ2v) is 7.03. The Morgan fingerprint density at radius 2 is 1.86 bits per heavy atom. The first-order valence-electron chi connectivity index (χ1n) is 9.10. The second-order valence-electron chi connectivity index (χ2n) is 7.03. The summed E-state index contributed by atoms with van der Waals surface area (Å²) >= 11 is 0. The number of aliphatic hydroxyl groups excluding tert-OH is 1. The molecule has 2 aromatic carbocycles. The molecule has 6 heteroatoms. The van der Waals surface area contributed by atoms with Gasteiger partial charge in [-0.15, -0.1) is 0 Å². The predicted molar refractivity (Wildman–Crippen MR) is 105 cm³/mol. The van der Waals surface area contributed by atoms with E-state index in [0.29, 0.717) is 22.3 Å². The number of hydrogen-bond acceptors (Lipinski definition) is 5. The number of rotatable bonds is 4. The molecule has 1 amide bonds. The van der Waals surface area contributed by atoms with Gasteiger partial charge in [-0.1, -0.05) is 18.2 Å². The molecular formula is C22H21NO5. The van der Waals surface area contributed by atoms with Crippen molar-refractivity contribution in [2.45, 2.75) is 19.9 Å². The lowest BCUT2D eigenvalue weighted by Crippen LogP contribution is -2.32. The normalized spacial score (nSPS) is 15.9. The van der Waals surface area contributed by atoms with Crippen LogP contribution in [0.15, 0.2) is 45.6 Å². The fourth-order valence-corrected chi connectivity index (χ4v) is 3.95. The summed E-state index contributed by atoms with van der Waals surface area (Å²) in [4.78, 5) is 27.9. The summed E-state index contributed by atoms with van der Waals surface area (Å²) in [6, 6.07) is 10.3. The first-order chi connectivity index (χ1) is 13.5.